The van der Waals surface area contributed by atoms with Crippen LogP contribution in [0.2, 0.25) is 0 Å². The molecule has 132 valence electrons. The Morgan fingerprint density at radius 2 is 1.76 bits per heavy atom. The second kappa shape index (κ2) is 8.02. The van der Waals surface area contributed by atoms with Crippen molar-refractivity contribution in [2.45, 2.75) is 11.4 Å². The maximum Gasteiger partial charge on any atom is 0.270 e. The van der Waals surface area contributed by atoms with E-state index < -0.39 is 4.92 Å². The number of carbonyl (C=O) groups excluding carboxylic acids is 1. The first-order chi connectivity index (χ1) is 11.8. The molecule has 0 aliphatic heterocycles. The zero-order valence-corrected chi connectivity index (χ0v) is 15.5. The summed E-state index contributed by atoms with van der Waals surface area (Å²) in [6.45, 7) is 0.434. The minimum absolute atomic E-state index is 0.0910. The zero-order valence-electron chi connectivity index (χ0n) is 14.7. The zero-order chi connectivity index (χ0) is 18.6. The van der Waals surface area contributed by atoms with E-state index in [4.69, 9.17) is 0 Å². The van der Waals surface area contributed by atoms with Gasteiger partial charge in [-0.25, -0.2) is 0 Å². The summed E-state index contributed by atoms with van der Waals surface area (Å²) in [6.07, 6.45) is 2.01. The summed E-state index contributed by atoms with van der Waals surface area (Å²) in [5.41, 5.74) is 1.89. The molecule has 0 bridgehead atoms. The van der Waals surface area contributed by atoms with Crippen molar-refractivity contribution in [1.82, 2.24) is 4.90 Å². The van der Waals surface area contributed by atoms with Crippen LogP contribution in [0.15, 0.2) is 47.4 Å². The Balaban J connectivity index is 2.27. The largest absolute Gasteiger partial charge is 0.377 e. The number of benzene rings is 2. The SMILES string of the molecule is CSc1ccc(CN(C)C(=O)c2cc([N+](=O)[O-])ccc2N(C)C)cc1. The van der Waals surface area contributed by atoms with Crippen molar-refractivity contribution in [1.29, 1.82) is 0 Å². The predicted molar refractivity (Wildman–Crippen MR) is 101 cm³/mol. The van der Waals surface area contributed by atoms with Gasteiger partial charge in [-0.3, -0.25) is 14.9 Å². The normalized spacial score (nSPS) is 10.4. The molecule has 0 aliphatic rings. The van der Waals surface area contributed by atoms with Gasteiger partial charge in [-0.15, -0.1) is 11.8 Å². The van der Waals surface area contributed by atoms with Gasteiger partial charge in [0.25, 0.3) is 11.6 Å². The molecule has 0 aromatic heterocycles. The van der Waals surface area contributed by atoms with E-state index in [-0.39, 0.29) is 11.6 Å². The van der Waals surface area contributed by atoms with Gasteiger partial charge in [0, 0.05) is 50.4 Å². The highest BCUT2D eigenvalue weighted by Gasteiger charge is 2.21. The average molecular weight is 359 g/mol. The molecule has 0 fully saturated rings. The Labute approximate surface area is 151 Å². The third-order valence-corrected chi connectivity index (χ3v) is 4.57. The molecule has 0 unspecified atom stereocenters. The summed E-state index contributed by atoms with van der Waals surface area (Å²) < 4.78 is 0. The van der Waals surface area contributed by atoms with Crippen LogP contribution in [0.4, 0.5) is 11.4 Å². The third-order valence-electron chi connectivity index (χ3n) is 3.83. The van der Waals surface area contributed by atoms with Crippen molar-refractivity contribution >= 4 is 29.0 Å². The van der Waals surface area contributed by atoms with Crippen LogP contribution in [0, 0.1) is 10.1 Å². The van der Waals surface area contributed by atoms with E-state index in [1.54, 1.807) is 48.8 Å². The third kappa shape index (κ3) is 4.51. The van der Waals surface area contributed by atoms with E-state index in [0.717, 1.165) is 10.5 Å². The van der Waals surface area contributed by atoms with Gasteiger partial charge in [0.2, 0.25) is 0 Å². The van der Waals surface area contributed by atoms with Crippen LogP contribution in [-0.2, 0) is 6.54 Å². The van der Waals surface area contributed by atoms with Gasteiger partial charge in [0.15, 0.2) is 0 Å². The molecule has 0 radical (unpaired) electrons. The highest BCUT2D eigenvalue weighted by Crippen LogP contribution is 2.26. The highest BCUT2D eigenvalue weighted by atomic mass is 32.2. The molecule has 25 heavy (non-hydrogen) atoms. The first-order valence-electron chi connectivity index (χ1n) is 7.67. The Hall–Kier alpha value is -2.54. The molecule has 2 aromatic rings. The standard InChI is InChI=1S/C18H21N3O3S/c1-19(2)17-10-7-14(21(23)24)11-16(17)18(22)20(3)12-13-5-8-15(25-4)9-6-13/h5-11H,12H2,1-4H3. The molecule has 0 heterocycles. The van der Waals surface area contributed by atoms with Crippen LogP contribution in [0.3, 0.4) is 0 Å². The predicted octanol–water partition coefficient (Wildman–Crippen LogP) is 3.65. The van der Waals surface area contributed by atoms with Gasteiger partial charge in [-0.1, -0.05) is 12.1 Å². The lowest BCUT2D eigenvalue weighted by Gasteiger charge is -2.22. The fourth-order valence-electron chi connectivity index (χ4n) is 2.48. The lowest BCUT2D eigenvalue weighted by molar-refractivity contribution is -0.384. The average Bonchev–Trinajstić information content (AvgIpc) is 2.60. The van der Waals surface area contributed by atoms with E-state index in [1.165, 1.54) is 12.1 Å². The second-order valence-electron chi connectivity index (χ2n) is 5.86. The molecule has 0 saturated carbocycles. The summed E-state index contributed by atoms with van der Waals surface area (Å²) in [4.78, 5) is 27.9. The number of nitrogens with zero attached hydrogens (tertiary/aromatic N) is 3. The van der Waals surface area contributed by atoms with Gasteiger partial charge in [0.05, 0.1) is 10.5 Å². The second-order valence-corrected chi connectivity index (χ2v) is 6.74. The number of nitro benzene ring substituents is 1. The Morgan fingerprint density at radius 1 is 1.12 bits per heavy atom. The monoisotopic (exact) mass is 359 g/mol. The molecule has 2 rings (SSSR count). The van der Waals surface area contributed by atoms with Crippen LogP contribution in [0.1, 0.15) is 15.9 Å². The molecule has 1 amide bonds. The van der Waals surface area contributed by atoms with Crippen LogP contribution < -0.4 is 4.90 Å². The lowest BCUT2D eigenvalue weighted by atomic mass is 10.1. The molecule has 0 atom stereocenters. The lowest BCUT2D eigenvalue weighted by Crippen LogP contribution is -2.28. The molecule has 2 aromatic carbocycles. The van der Waals surface area contributed by atoms with Crippen molar-refractivity contribution in [3.05, 3.63) is 63.7 Å². The van der Waals surface area contributed by atoms with Crippen molar-refractivity contribution in [3.8, 4) is 0 Å². The fraction of sp³-hybridized carbons (Fsp3) is 0.278. The Morgan fingerprint density at radius 3 is 2.28 bits per heavy atom. The molecular formula is C18H21N3O3S. The number of carbonyl (C=O) groups is 1. The molecule has 0 saturated heterocycles. The van der Waals surface area contributed by atoms with Gasteiger partial charge < -0.3 is 9.80 Å². The van der Waals surface area contributed by atoms with Gasteiger partial charge in [0.1, 0.15) is 0 Å². The van der Waals surface area contributed by atoms with Crippen LogP contribution in [-0.4, -0.2) is 43.1 Å². The van der Waals surface area contributed by atoms with E-state index >= 15 is 0 Å². The summed E-state index contributed by atoms with van der Waals surface area (Å²) >= 11 is 1.66. The molecule has 7 heteroatoms. The number of thioether (sulfide) groups is 1. The molecular weight excluding hydrogens is 338 g/mol. The molecule has 6 nitrogen and oxygen atoms in total. The first kappa shape index (κ1) is 18.8. The van der Waals surface area contributed by atoms with Crippen molar-refractivity contribution in [2.75, 3.05) is 32.3 Å². The van der Waals surface area contributed by atoms with Crippen molar-refractivity contribution in [2.24, 2.45) is 0 Å². The number of rotatable bonds is 6. The number of amides is 1. The van der Waals surface area contributed by atoms with E-state index in [1.807, 2.05) is 30.5 Å². The van der Waals surface area contributed by atoms with E-state index in [2.05, 4.69) is 0 Å². The summed E-state index contributed by atoms with van der Waals surface area (Å²) in [7, 11) is 5.31. The molecule has 0 aliphatic carbocycles. The van der Waals surface area contributed by atoms with Crippen LogP contribution in [0.5, 0.6) is 0 Å². The van der Waals surface area contributed by atoms with Crippen LogP contribution >= 0.6 is 11.8 Å². The number of hydrogen-bond donors (Lipinski definition) is 0. The van der Waals surface area contributed by atoms with E-state index in [0.29, 0.717) is 17.8 Å². The first-order valence-corrected chi connectivity index (χ1v) is 8.90. The highest BCUT2D eigenvalue weighted by molar-refractivity contribution is 7.98. The Kier molecular flexibility index (Phi) is 6.03. The maximum atomic E-state index is 12.8. The quantitative estimate of drug-likeness (QED) is 0.447. The number of anilines is 1. The van der Waals surface area contributed by atoms with Gasteiger partial charge >= 0.3 is 0 Å². The van der Waals surface area contributed by atoms with Gasteiger partial charge in [-0.2, -0.15) is 0 Å². The molecule has 0 N–H and O–H groups in total. The van der Waals surface area contributed by atoms with Crippen LogP contribution in [0.25, 0.3) is 0 Å². The number of non-ortho nitro benzene ring substituents is 1. The van der Waals surface area contributed by atoms with E-state index in [9.17, 15) is 14.9 Å². The molecule has 0 spiro atoms. The Bertz CT molecular complexity index is 776. The van der Waals surface area contributed by atoms with Gasteiger partial charge in [-0.05, 0) is 30.0 Å². The summed E-state index contributed by atoms with van der Waals surface area (Å²) in [5, 5.41) is 11.0. The fourth-order valence-corrected chi connectivity index (χ4v) is 2.89. The minimum atomic E-state index is -0.489. The maximum absolute atomic E-state index is 12.8. The number of hydrogen-bond acceptors (Lipinski definition) is 5. The minimum Gasteiger partial charge on any atom is -0.377 e. The summed E-state index contributed by atoms with van der Waals surface area (Å²) in [5.74, 6) is -0.249. The van der Waals surface area contributed by atoms with Crippen molar-refractivity contribution < 1.29 is 9.72 Å². The smallest absolute Gasteiger partial charge is 0.270 e. The topological polar surface area (TPSA) is 66.7 Å². The summed E-state index contributed by atoms with van der Waals surface area (Å²) in [6, 6.07) is 12.3. The van der Waals surface area contributed by atoms with Crippen molar-refractivity contribution in [3.63, 3.8) is 0 Å². The number of nitro groups is 1.